The Balaban J connectivity index is 1.78. The van der Waals surface area contributed by atoms with Crippen molar-refractivity contribution in [1.82, 2.24) is 9.78 Å². The van der Waals surface area contributed by atoms with Gasteiger partial charge in [0.05, 0.1) is 42.5 Å². The first kappa shape index (κ1) is 19.4. The zero-order valence-corrected chi connectivity index (χ0v) is 16.9. The third-order valence-electron chi connectivity index (χ3n) is 5.00. The van der Waals surface area contributed by atoms with Gasteiger partial charge in [0.2, 0.25) is 5.91 Å². The summed E-state index contributed by atoms with van der Waals surface area (Å²) in [6.07, 6.45) is 0.741. The molecule has 8 heteroatoms. The van der Waals surface area contributed by atoms with E-state index >= 15 is 0 Å². The lowest BCUT2D eigenvalue weighted by molar-refractivity contribution is -0.115. The third-order valence-corrected chi connectivity index (χ3v) is 6.75. The average Bonchev–Trinajstić information content (AvgIpc) is 3.08. The van der Waals surface area contributed by atoms with E-state index in [4.69, 9.17) is 4.74 Å². The first-order chi connectivity index (χ1) is 12.7. The molecule has 1 unspecified atom stereocenters. The number of rotatable bonds is 5. The molecule has 7 nitrogen and oxygen atoms in total. The molecule has 0 saturated carbocycles. The largest absolute Gasteiger partial charge is 0.495 e. The van der Waals surface area contributed by atoms with E-state index in [1.807, 2.05) is 39.0 Å². The molecule has 0 bridgehead atoms. The van der Waals surface area contributed by atoms with Gasteiger partial charge in [-0.3, -0.25) is 9.48 Å². The number of benzene rings is 1. The van der Waals surface area contributed by atoms with Crippen molar-refractivity contribution in [2.75, 3.05) is 23.9 Å². The number of nitrogens with one attached hydrogen (secondary N) is 1. The van der Waals surface area contributed by atoms with Crippen LogP contribution in [-0.4, -0.2) is 42.7 Å². The second-order valence-corrected chi connectivity index (χ2v) is 9.31. The van der Waals surface area contributed by atoms with Crippen molar-refractivity contribution in [2.24, 2.45) is 0 Å². The number of aromatic nitrogens is 2. The van der Waals surface area contributed by atoms with Gasteiger partial charge < -0.3 is 10.1 Å². The van der Waals surface area contributed by atoms with Crippen LogP contribution in [0.2, 0.25) is 0 Å². The number of carbonyl (C=O) groups is 1. The van der Waals surface area contributed by atoms with Gasteiger partial charge in [0.1, 0.15) is 5.75 Å². The third kappa shape index (κ3) is 4.16. The van der Waals surface area contributed by atoms with Crippen molar-refractivity contribution in [3.8, 4) is 5.75 Å². The average molecular weight is 391 g/mol. The Hall–Kier alpha value is -2.35. The molecule has 2 aromatic rings. The maximum Gasteiger partial charge on any atom is 0.229 e. The molecular weight excluding hydrogens is 366 g/mol. The van der Waals surface area contributed by atoms with Gasteiger partial charge in [-0.1, -0.05) is 6.07 Å². The summed E-state index contributed by atoms with van der Waals surface area (Å²) < 4.78 is 30.6. The van der Waals surface area contributed by atoms with Crippen molar-refractivity contribution in [2.45, 2.75) is 39.7 Å². The lowest BCUT2D eigenvalue weighted by Crippen LogP contribution is -2.17. The number of aryl methyl sites for hydroxylation is 2. The molecule has 3 rings (SSSR count). The van der Waals surface area contributed by atoms with Crippen LogP contribution in [0, 0.1) is 20.8 Å². The van der Waals surface area contributed by atoms with E-state index in [0.717, 1.165) is 22.5 Å². The number of nitrogens with zero attached hydrogens (tertiary/aromatic N) is 2. The fraction of sp³-hybridized carbons (Fsp3) is 0.474. The first-order valence-corrected chi connectivity index (χ1v) is 10.7. The topological polar surface area (TPSA) is 90.3 Å². The highest BCUT2D eigenvalue weighted by molar-refractivity contribution is 7.91. The normalized spacial score (nSPS) is 18.4. The molecule has 2 heterocycles. The van der Waals surface area contributed by atoms with Crippen LogP contribution in [0.1, 0.15) is 35.0 Å². The molecule has 1 atom stereocenters. The lowest BCUT2D eigenvalue weighted by atomic mass is 10.1. The predicted molar refractivity (Wildman–Crippen MR) is 104 cm³/mol. The fourth-order valence-electron chi connectivity index (χ4n) is 3.55. The molecule has 27 heavy (non-hydrogen) atoms. The Morgan fingerprint density at radius 1 is 1.33 bits per heavy atom. The fourth-order valence-corrected chi connectivity index (χ4v) is 5.24. The second-order valence-electron chi connectivity index (χ2n) is 7.08. The number of hydrogen-bond donors (Lipinski definition) is 1. The van der Waals surface area contributed by atoms with E-state index < -0.39 is 9.84 Å². The zero-order valence-electron chi connectivity index (χ0n) is 16.1. The van der Waals surface area contributed by atoms with Crippen LogP contribution in [0.4, 0.5) is 5.69 Å². The SMILES string of the molecule is COc1ccc(C)cc1NC(=O)Cc1c(C)nn(C2CCS(=O)(=O)C2)c1C. The molecule has 1 saturated heterocycles. The summed E-state index contributed by atoms with van der Waals surface area (Å²) in [5, 5.41) is 7.41. The number of sulfone groups is 1. The van der Waals surface area contributed by atoms with Crippen LogP contribution in [-0.2, 0) is 21.1 Å². The Labute approximate surface area is 159 Å². The summed E-state index contributed by atoms with van der Waals surface area (Å²) in [7, 11) is -1.43. The minimum absolute atomic E-state index is 0.112. The van der Waals surface area contributed by atoms with Crippen LogP contribution in [0.5, 0.6) is 5.75 Å². The number of methoxy groups -OCH3 is 1. The van der Waals surface area contributed by atoms with Crippen LogP contribution in [0.25, 0.3) is 0 Å². The molecule has 1 fully saturated rings. The van der Waals surface area contributed by atoms with E-state index in [-0.39, 0.29) is 29.9 Å². The highest BCUT2D eigenvalue weighted by Gasteiger charge is 2.31. The first-order valence-electron chi connectivity index (χ1n) is 8.89. The summed E-state index contributed by atoms with van der Waals surface area (Å²) in [5.41, 5.74) is 4.09. The molecule has 1 aliphatic heterocycles. The summed E-state index contributed by atoms with van der Waals surface area (Å²) >= 11 is 0. The zero-order chi connectivity index (χ0) is 19.8. The molecule has 0 aliphatic carbocycles. The van der Waals surface area contributed by atoms with Gasteiger partial charge in [-0.2, -0.15) is 5.10 Å². The predicted octanol–water partition coefficient (Wildman–Crippen LogP) is 2.36. The maximum absolute atomic E-state index is 12.6. The quantitative estimate of drug-likeness (QED) is 0.845. The molecule has 1 N–H and O–H groups in total. The summed E-state index contributed by atoms with van der Waals surface area (Å²) in [4.78, 5) is 12.6. The van der Waals surface area contributed by atoms with Crippen LogP contribution in [0.3, 0.4) is 0 Å². The molecule has 0 spiro atoms. The van der Waals surface area contributed by atoms with E-state index in [2.05, 4.69) is 10.4 Å². The molecule has 1 aromatic carbocycles. The van der Waals surface area contributed by atoms with Crippen molar-refractivity contribution >= 4 is 21.4 Å². The summed E-state index contributed by atoms with van der Waals surface area (Å²) in [6, 6.07) is 5.45. The molecule has 0 radical (unpaired) electrons. The van der Waals surface area contributed by atoms with Crippen molar-refractivity contribution < 1.29 is 17.9 Å². The summed E-state index contributed by atoms with van der Waals surface area (Å²) in [5.74, 6) is 0.748. The van der Waals surface area contributed by atoms with Gasteiger partial charge >= 0.3 is 0 Å². The monoisotopic (exact) mass is 391 g/mol. The highest BCUT2D eigenvalue weighted by atomic mass is 32.2. The van der Waals surface area contributed by atoms with Gasteiger partial charge in [0, 0.05) is 11.3 Å². The number of amides is 1. The van der Waals surface area contributed by atoms with Crippen LogP contribution in [0.15, 0.2) is 18.2 Å². The van der Waals surface area contributed by atoms with Crippen molar-refractivity contribution in [1.29, 1.82) is 0 Å². The van der Waals surface area contributed by atoms with Crippen molar-refractivity contribution in [3.05, 3.63) is 40.7 Å². The van der Waals surface area contributed by atoms with E-state index in [1.54, 1.807) is 11.8 Å². The number of ether oxygens (including phenoxy) is 1. The molecule has 146 valence electrons. The van der Waals surface area contributed by atoms with Crippen LogP contribution >= 0.6 is 0 Å². The smallest absolute Gasteiger partial charge is 0.229 e. The molecule has 1 amide bonds. The van der Waals surface area contributed by atoms with Gasteiger partial charge in [-0.15, -0.1) is 0 Å². The van der Waals surface area contributed by atoms with E-state index in [1.165, 1.54) is 0 Å². The minimum Gasteiger partial charge on any atom is -0.495 e. The van der Waals surface area contributed by atoms with Gasteiger partial charge in [-0.05, 0) is 44.9 Å². The highest BCUT2D eigenvalue weighted by Crippen LogP contribution is 2.28. The number of anilines is 1. The Morgan fingerprint density at radius 3 is 2.70 bits per heavy atom. The van der Waals surface area contributed by atoms with Crippen LogP contribution < -0.4 is 10.1 Å². The summed E-state index contributed by atoms with van der Waals surface area (Å²) in [6.45, 7) is 5.69. The molecule has 1 aromatic heterocycles. The maximum atomic E-state index is 12.6. The van der Waals surface area contributed by atoms with Crippen molar-refractivity contribution in [3.63, 3.8) is 0 Å². The number of carbonyl (C=O) groups excluding carboxylic acids is 1. The second kappa shape index (κ2) is 7.34. The van der Waals surface area contributed by atoms with E-state index in [0.29, 0.717) is 17.9 Å². The lowest BCUT2D eigenvalue weighted by Gasteiger charge is -2.12. The Bertz CT molecular complexity index is 979. The van der Waals surface area contributed by atoms with Gasteiger partial charge in [0.15, 0.2) is 9.84 Å². The number of hydrogen-bond acceptors (Lipinski definition) is 5. The Kier molecular flexibility index (Phi) is 5.28. The standard InChI is InChI=1S/C19H25N3O4S/c1-12-5-6-18(26-4)17(9-12)20-19(23)10-16-13(2)21-22(14(16)3)15-7-8-27(24,25)11-15/h5-6,9,15H,7-8,10-11H2,1-4H3,(H,20,23). The van der Waals surface area contributed by atoms with E-state index in [9.17, 15) is 13.2 Å². The van der Waals surface area contributed by atoms with Gasteiger partial charge in [0.25, 0.3) is 0 Å². The molecule has 1 aliphatic rings. The Morgan fingerprint density at radius 2 is 2.07 bits per heavy atom. The minimum atomic E-state index is -2.99. The molecular formula is C19H25N3O4S. The van der Waals surface area contributed by atoms with Gasteiger partial charge in [-0.25, -0.2) is 8.42 Å².